The molecule has 1 aromatic rings. The molecular weight excluding hydrogens is 478 g/mol. The molecule has 1 aromatic heterocycles. The lowest BCUT2D eigenvalue weighted by molar-refractivity contribution is -0.131. The molecule has 9 nitrogen and oxygen atoms in total. The summed E-state index contributed by atoms with van der Waals surface area (Å²) in [5.41, 5.74) is -0.206. The van der Waals surface area contributed by atoms with Crippen LogP contribution in [-0.2, 0) is 19.6 Å². The van der Waals surface area contributed by atoms with E-state index >= 15 is 0 Å². The van der Waals surface area contributed by atoms with E-state index in [1.165, 1.54) is 16.6 Å². The molecule has 0 saturated carbocycles. The van der Waals surface area contributed by atoms with Gasteiger partial charge in [0.05, 0.1) is 17.2 Å². The summed E-state index contributed by atoms with van der Waals surface area (Å²) in [5.74, 6) is 0.594. The number of pyridine rings is 1. The van der Waals surface area contributed by atoms with Gasteiger partial charge >= 0.3 is 0 Å². The van der Waals surface area contributed by atoms with Gasteiger partial charge in [-0.1, -0.05) is 11.6 Å². The van der Waals surface area contributed by atoms with E-state index in [0.717, 1.165) is 38.8 Å². The molecule has 0 N–H and O–H groups in total. The maximum atomic E-state index is 13.8. The Kier molecular flexibility index (Phi) is 8.03. The van der Waals surface area contributed by atoms with Crippen molar-refractivity contribution in [2.24, 2.45) is 0 Å². The smallest absolute Gasteiger partial charge is 0.246 e. The van der Waals surface area contributed by atoms with Crippen LogP contribution in [0.2, 0.25) is 5.02 Å². The maximum absolute atomic E-state index is 13.8. The van der Waals surface area contributed by atoms with Gasteiger partial charge in [0, 0.05) is 59.1 Å². The van der Waals surface area contributed by atoms with E-state index < -0.39 is 10.0 Å². The summed E-state index contributed by atoms with van der Waals surface area (Å²) in [6.45, 7) is 7.38. The number of ether oxygens (including phenoxy) is 1. The van der Waals surface area contributed by atoms with Crippen LogP contribution in [0.15, 0.2) is 17.2 Å². The Morgan fingerprint density at radius 1 is 1.06 bits per heavy atom. The number of carbonyl (C=O) groups excluding carboxylic acids is 1. The minimum atomic E-state index is -3.80. The fourth-order valence-corrected chi connectivity index (χ4v) is 6.86. The minimum absolute atomic E-state index is 0.142. The average molecular weight is 514 g/mol. The molecule has 0 atom stereocenters. The summed E-state index contributed by atoms with van der Waals surface area (Å²) in [5, 5.41) is 0.300. The van der Waals surface area contributed by atoms with E-state index in [0.29, 0.717) is 63.1 Å². The second-order valence-corrected chi connectivity index (χ2v) is 12.1. The molecule has 11 heteroatoms. The first-order valence-electron chi connectivity index (χ1n) is 12.2. The number of anilines is 1. The van der Waals surface area contributed by atoms with E-state index in [9.17, 15) is 13.2 Å². The van der Waals surface area contributed by atoms with Gasteiger partial charge in [-0.05, 0) is 51.6 Å². The third-order valence-corrected chi connectivity index (χ3v) is 9.50. The molecule has 4 heterocycles. The molecule has 0 spiro atoms. The third-order valence-electron chi connectivity index (χ3n) is 7.40. The topological polar surface area (TPSA) is 86.3 Å². The summed E-state index contributed by atoms with van der Waals surface area (Å²) in [4.78, 5) is 23.2. The quantitative estimate of drug-likeness (QED) is 0.575. The fraction of sp³-hybridized carbons (Fsp3) is 0.739. The molecular formula is C23H36ClN5O4S. The van der Waals surface area contributed by atoms with Crippen molar-refractivity contribution < 1.29 is 17.9 Å². The van der Waals surface area contributed by atoms with Gasteiger partial charge in [0.2, 0.25) is 15.9 Å². The van der Waals surface area contributed by atoms with Crippen molar-refractivity contribution in [1.29, 1.82) is 0 Å². The van der Waals surface area contributed by atoms with Crippen molar-refractivity contribution in [3.05, 3.63) is 17.3 Å². The zero-order chi connectivity index (χ0) is 24.3. The van der Waals surface area contributed by atoms with Gasteiger partial charge in [-0.3, -0.25) is 9.69 Å². The fourth-order valence-electron chi connectivity index (χ4n) is 4.98. The van der Waals surface area contributed by atoms with Crippen LogP contribution in [0.4, 0.5) is 5.82 Å². The molecule has 3 aliphatic rings. The van der Waals surface area contributed by atoms with Gasteiger partial charge in [-0.25, -0.2) is 13.4 Å². The van der Waals surface area contributed by atoms with Crippen molar-refractivity contribution in [2.75, 3.05) is 70.9 Å². The highest BCUT2D eigenvalue weighted by molar-refractivity contribution is 7.89. The predicted octanol–water partition coefficient (Wildman–Crippen LogP) is 2.06. The van der Waals surface area contributed by atoms with Crippen LogP contribution in [0.3, 0.4) is 0 Å². The number of amides is 1. The number of halogens is 1. The number of rotatable bonds is 6. The highest BCUT2D eigenvalue weighted by Gasteiger charge is 2.35. The SMILES string of the molecule is COC1(C)CCN(c2ncc(Cl)cc2S(=O)(=O)N2CCCN(CC(=O)N3CCCC3)CC2)CC1. The number of sulfonamides is 1. The molecule has 3 aliphatic heterocycles. The highest BCUT2D eigenvalue weighted by atomic mass is 35.5. The Morgan fingerprint density at radius 2 is 1.76 bits per heavy atom. The van der Waals surface area contributed by atoms with Gasteiger partial charge < -0.3 is 14.5 Å². The molecule has 0 aliphatic carbocycles. The van der Waals surface area contributed by atoms with Crippen LogP contribution in [0.25, 0.3) is 0 Å². The molecule has 190 valence electrons. The number of hydrogen-bond donors (Lipinski definition) is 0. The molecule has 1 amide bonds. The minimum Gasteiger partial charge on any atom is -0.378 e. The summed E-state index contributed by atoms with van der Waals surface area (Å²) in [6.07, 6.45) is 5.89. The number of piperidine rings is 1. The number of aromatic nitrogens is 1. The van der Waals surface area contributed by atoms with Crippen molar-refractivity contribution in [3.63, 3.8) is 0 Å². The molecule has 0 radical (unpaired) electrons. The summed E-state index contributed by atoms with van der Waals surface area (Å²) in [6, 6.07) is 1.52. The number of likely N-dealkylation sites (tertiary alicyclic amines) is 1. The summed E-state index contributed by atoms with van der Waals surface area (Å²) in [7, 11) is -2.08. The van der Waals surface area contributed by atoms with Gasteiger partial charge in [-0.15, -0.1) is 0 Å². The van der Waals surface area contributed by atoms with Gasteiger partial charge in [0.25, 0.3) is 0 Å². The van der Waals surface area contributed by atoms with E-state index in [2.05, 4.69) is 16.8 Å². The largest absolute Gasteiger partial charge is 0.378 e. The normalized spacial score (nSPS) is 22.7. The van der Waals surface area contributed by atoms with Crippen molar-refractivity contribution >= 4 is 33.3 Å². The molecule has 3 saturated heterocycles. The molecule has 0 bridgehead atoms. The van der Waals surface area contributed by atoms with E-state index in [1.807, 2.05) is 9.80 Å². The van der Waals surface area contributed by atoms with Crippen molar-refractivity contribution in [2.45, 2.75) is 49.5 Å². The number of hydrogen-bond acceptors (Lipinski definition) is 7. The average Bonchev–Trinajstić information content (AvgIpc) is 3.26. The first kappa shape index (κ1) is 25.6. The lowest BCUT2D eigenvalue weighted by Gasteiger charge is -2.39. The molecule has 0 aromatic carbocycles. The van der Waals surface area contributed by atoms with Crippen molar-refractivity contribution in [1.82, 2.24) is 19.1 Å². The maximum Gasteiger partial charge on any atom is 0.246 e. The Balaban J connectivity index is 1.47. The third kappa shape index (κ3) is 5.67. The second kappa shape index (κ2) is 10.7. The predicted molar refractivity (Wildman–Crippen MR) is 132 cm³/mol. The number of nitrogens with zero attached hydrogens (tertiary/aromatic N) is 5. The van der Waals surface area contributed by atoms with Gasteiger partial charge in [-0.2, -0.15) is 4.31 Å². The summed E-state index contributed by atoms with van der Waals surface area (Å²) >= 11 is 6.21. The van der Waals surface area contributed by atoms with Crippen LogP contribution < -0.4 is 4.90 Å². The second-order valence-electron chi connectivity index (χ2n) is 9.74. The van der Waals surface area contributed by atoms with E-state index in [4.69, 9.17) is 16.3 Å². The van der Waals surface area contributed by atoms with Crippen LogP contribution in [-0.4, -0.2) is 105 Å². The monoisotopic (exact) mass is 513 g/mol. The van der Waals surface area contributed by atoms with E-state index in [-0.39, 0.29) is 16.4 Å². The van der Waals surface area contributed by atoms with Gasteiger partial charge in [0.15, 0.2) is 0 Å². The van der Waals surface area contributed by atoms with Crippen molar-refractivity contribution in [3.8, 4) is 0 Å². The number of methoxy groups -OCH3 is 1. The molecule has 3 fully saturated rings. The molecule has 34 heavy (non-hydrogen) atoms. The van der Waals surface area contributed by atoms with Gasteiger partial charge in [0.1, 0.15) is 10.7 Å². The van der Waals surface area contributed by atoms with E-state index in [1.54, 1.807) is 7.11 Å². The first-order valence-corrected chi connectivity index (χ1v) is 14.0. The van der Waals surface area contributed by atoms with Crippen LogP contribution in [0, 0.1) is 0 Å². The summed E-state index contributed by atoms with van der Waals surface area (Å²) < 4.78 is 34.7. The zero-order valence-corrected chi connectivity index (χ0v) is 21.8. The molecule has 4 rings (SSSR count). The zero-order valence-electron chi connectivity index (χ0n) is 20.2. The standard InChI is InChI=1S/C23H36ClN5O4S/c1-23(33-2)6-12-28(13-7-23)22-20(16-19(24)17-25-22)34(31,32)29-11-5-8-26(14-15-29)18-21(30)27-9-3-4-10-27/h16-17H,3-15,18H2,1-2H3. The Morgan fingerprint density at radius 3 is 2.44 bits per heavy atom. The first-order chi connectivity index (χ1) is 16.2. The Bertz CT molecular complexity index is 978. The van der Waals surface area contributed by atoms with Crippen LogP contribution >= 0.6 is 11.6 Å². The lowest BCUT2D eigenvalue weighted by Crippen LogP contribution is -2.45. The Hall–Kier alpha value is -1.46. The number of carbonyl (C=O) groups is 1. The van der Waals surface area contributed by atoms with Crippen LogP contribution in [0.5, 0.6) is 0 Å². The lowest BCUT2D eigenvalue weighted by atomic mass is 9.93. The van der Waals surface area contributed by atoms with Crippen LogP contribution in [0.1, 0.15) is 39.0 Å². The molecule has 0 unspecified atom stereocenters. The Labute approximate surface area is 208 Å². The highest BCUT2D eigenvalue weighted by Crippen LogP contribution is 2.33.